The molecule has 1 heterocycles. The number of aliphatic hydroxyl groups is 2. The summed E-state index contributed by atoms with van der Waals surface area (Å²) in [6.07, 6.45) is 2.31. The molecule has 1 saturated carbocycles. The lowest BCUT2D eigenvalue weighted by molar-refractivity contribution is -0.143. The molecule has 2 rings (SSSR count). The highest BCUT2D eigenvalue weighted by Gasteiger charge is 2.43. The molecule has 0 aromatic carbocycles. The Morgan fingerprint density at radius 2 is 2.07 bits per heavy atom. The first-order valence-electron chi connectivity index (χ1n) is 5.64. The Labute approximate surface area is 89.9 Å². The van der Waals surface area contributed by atoms with Gasteiger partial charge in [0.1, 0.15) is 0 Å². The van der Waals surface area contributed by atoms with Crippen molar-refractivity contribution in [2.75, 3.05) is 19.7 Å². The third kappa shape index (κ3) is 2.32. The van der Waals surface area contributed by atoms with Gasteiger partial charge in [-0.05, 0) is 25.7 Å². The summed E-state index contributed by atoms with van der Waals surface area (Å²) in [5, 5.41) is 18.8. The van der Waals surface area contributed by atoms with Crippen molar-refractivity contribution in [3.8, 4) is 0 Å². The van der Waals surface area contributed by atoms with E-state index in [9.17, 15) is 9.90 Å². The van der Waals surface area contributed by atoms with Crippen molar-refractivity contribution in [2.45, 2.75) is 31.8 Å². The van der Waals surface area contributed by atoms with Crippen molar-refractivity contribution >= 4 is 5.91 Å². The standard InChI is InChI=1S/C11H19NO3/c1-11(15,9-2-3-9)4-10(14)12-5-8(6-12)7-13/h8-9,13,15H,2-7H2,1H3. The molecule has 2 N–H and O–H groups in total. The molecule has 0 spiro atoms. The largest absolute Gasteiger partial charge is 0.396 e. The van der Waals surface area contributed by atoms with Crippen molar-refractivity contribution in [1.29, 1.82) is 0 Å². The van der Waals surface area contributed by atoms with Gasteiger partial charge < -0.3 is 15.1 Å². The van der Waals surface area contributed by atoms with Gasteiger partial charge in [0.25, 0.3) is 0 Å². The van der Waals surface area contributed by atoms with Crippen LogP contribution < -0.4 is 0 Å². The number of hydrogen-bond donors (Lipinski definition) is 2. The molecule has 1 unspecified atom stereocenters. The highest BCUT2D eigenvalue weighted by atomic mass is 16.3. The number of amides is 1. The number of carbonyl (C=O) groups excluding carboxylic acids is 1. The van der Waals surface area contributed by atoms with E-state index >= 15 is 0 Å². The SMILES string of the molecule is CC(O)(CC(=O)N1CC(CO)C1)C1CC1. The Kier molecular flexibility index (Phi) is 2.73. The van der Waals surface area contributed by atoms with E-state index in [-0.39, 0.29) is 24.9 Å². The van der Waals surface area contributed by atoms with Crippen LogP contribution in [0.4, 0.5) is 0 Å². The number of hydrogen-bond acceptors (Lipinski definition) is 3. The van der Waals surface area contributed by atoms with Gasteiger partial charge in [-0.3, -0.25) is 4.79 Å². The van der Waals surface area contributed by atoms with Crippen LogP contribution in [0.5, 0.6) is 0 Å². The lowest BCUT2D eigenvalue weighted by atomic mass is 9.93. The normalized spacial score (nSPS) is 25.9. The van der Waals surface area contributed by atoms with Crippen LogP contribution >= 0.6 is 0 Å². The summed E-state index contributed by atoms with van der Waals surface area (Å²) in [5.74, 6) is 0.591. The van der Waals surface area contributed by atoms with Crippen LogP contribution in [-0.4, -0.2) is 46.3 Å². The first-order chi connectivity index (χ1) is 7.03. The van der Waals surface area contributed by atoms with Crippen molar-refractivity contribution in [1.82, 2.24) is 4.90 Å². The van der Waals surface area contributed by atoms with Gasteiger partial charge in [-0.1, -0.05) is 0 Å². The minimum atomic E-state index is -0.818. The summed E-state index contributed by atoms with van der Waals surface area (Å²) in [4.78, 5) is 13.4. The molecule has 0 aromatic heterocycles. The summed E-state index contributed by atoms with van der Waals surface area (Å²) in [5.41, 5.74) is -0.818. The van der Waals surface area contributed by atoms with Crippen LogP contribution in [0, 0.1) is 11.8 Å². The second-order valence-electron chi connectivity index (χ2n) is 5.16. The molecule has 1 aliphatic heterocycles. The summed E-state index contributed by atoms with van der Waals surface area (Å²) in [6, 6.07) is 0. The Morgan fingerprint density at radius 3 is 2.53 bits per heavy atom. The number of likely N-dealkylation sites (tertiary alicyclic amines) is 1. The van der Waals surface area contributed by atoms with Crippen LogP contribution in [0.25, 0.3) is 0 Å². The molecular weight excluding hydrogens is 194 g/mol. The van der Waals surface area contributed by atoms with Gasteiger partial charge in [0.15, 0.2) is 0 Å². The zero-order valence-electron chi connectivity index (χ0n) is 9.15. The fraction of sp³-hybridized carbons (Fsp3) is 0.909. The fourth-order valence-electron chi connectivity index (χ4n) is 2.16. The number of aliphatic hydroxyl groups excluding tert-OH is 1. The van der Waals surface area contributed by atoms with Crippen LogP contribution in [0.3, 0.4) is 0 Å². The molecule has 0 bridgehead atoms. The topological polar surface area (TPSA) is 60.8 Å². The van der Waals surface area contributed by atoms with Gasteiger partial charge in [-0.25, -0.2) is 0 Å². The predicted octanol–water partition coefficient (Wildman–Crippen LogP) is -0.0118. The molecule has 1 amide bonds. The highest BCUT2D eigenvalue weighted by molar-refractivity contribution is 5.78. The van der Waals surface area contributed by atoms with Crippen LogP contribution in [0.15, 0.2) is 0 Å². The first kappa shape index (κ1) is 10.9. The molecule has 4 heteroatoms. The first-order valence-corrected chi connectivity index (χ1v) is 5.64. The summed E-state index contributed by atoms with van der Waals surface area (Å²) < 4.78 is 0. The Bertz CT molecular complexity index is 255. The molecule has 86 valence electrons. The average Bonchev–Trinajstić information content (AvgIpc) is 2.82. The number of carbonyl (C=O) groups is 1. The Hall–Kier alpha value is -0.610. The van der Waals surface area contributed by atoms with Gasteiger partial charge in [-0.2, -0.15) is 0 Å². The molecule has 0 aromatic rings. The maximum absolute atomic E-state index is 11.7. The average molecular weight is 213 g/mol. The maximum atomic E-state index is 11.7. The van der Waals surface area contributed by atoms with Crippen LogP contribution in [-0.2, 0) is 4.79 Å². The Balaban J connectivity index is 1.77. The van der Waals surface area contributed by atoms with Crippen molar-refractivity contribution < 1.29 is 15.0 Å². The molecule has 2 fully saturated rings. The molecule has 15 heavy (non-hydrogen) atoms. The minimum Gasteiger partial charge on any atom is -0.396 e. The molecule has 2 aliphatic rings. The van der Waals surface area contributed by atoms with E-state index < -0.39 is 5.60 Å². The predicted molar refractivity (Wildman–Crippen MR) is 55.1 cm³/mol. The van der Waals surface area contributed by atoms with E-state index in [0.29, 0.717) is 19.0 Å². The van der Waals surface area contributed by atoms with Gasteiger partial charge in [0, 0.05) is 25.6 Å². The molecule has 4 nitrogen and oxygen atoms in total. The molecular formula is C11H19NO3. The minimum absolute atomic E-state index is 0.0246. The van der Waals surface area contributed by atoms with Gasteiger partial charge in [0.05, 0.1) is 12.0 Å². The third-order valence-electron chi connectivity index (χ3n) is 3.53. The lowest BCUT2D eigenvalue weighted by Crippen LogP contribution is -2.53. The fourth-order valence-corrected chi connectivity index (χ4v) is 2.16. The monoisotopic (exact) mass is 213 g/mol. The van der Waals surface area contributed by atoms with Crippen molar-refractivity contribution in [2.24, 2.45) is 11.8 Å². The van der Waals surface area contributed by atoms with E-state index in [1.807, 2.05) is 0 Å². The van der Waals surface area contributed by atoms with Gasteiger partial charge in [-0.15, -0.1) is 0 Å². The number of rotatable bonds is 4. The second kappa shape index (κ2) is 3.76. The summed E-state index contributed by atoms with van der Waals surface area (Å²) in [6.45, 7) is 3.21. The van der Waals surface area contributed by atoms with E-state index in [2.05, 4.69) is 0 Å². The van der Waals surface area contributed by atoms with Crippen LogP contribution in [0.2, 0.25) is 0 Å². The smallest absolute Gasteiger partial charge is 0.225 e. The zero-order valence-corrected chi connectivity index (χ0v) is 9.15. The second-order valence-corrected chi connectivity index (χ2v) is 5.16. The van der Waals surface area contributed by atoms with Crippen molar-refractivity contribution in [3.05, 3.63) is 0 Å². The van der Waals surface area contributed by atoms with Crippen molar-refractivity contribution in [3.63, 3.8) is 0 Å². The van der Waals surface area contributed by atoms with E-state index in [4.69, 9.17) is 5.11 Å². The molecule has 1 saturated heterocycles. The summed E-state index contributed by atoms with van der Waals surface area (Å²) in [7, 11) is 0. The van der Waals surface area contributed by atoms with E-state index in [1.54, 1.807) is 11.8 Å². The maximum Gasteiger partial charge on any atom is 0.225 e. The lowest BCUT2D eigenvalue weighted by Gasteiger charge is -2.39. The van der Waals surface area contributed by atoms with E-state index in [1.165, 1.54) is 0 Å². The Morgan fingerprint density at radius 1 is 1.47 bits per heavy atom. The summed E-state index contributed by atoms with van der Waals surface area (Å²) >= 11 is 0. The van der Waals surface area contributed by atoms with E-state index in [0.717, 1.165) is 12.8 Å². The quantitative estimate of drug-likeness (QED) is 0.690. The molecule has 1 atom stereocenters. The molecule has 1 aliphatic carbocycles. The third-order valence-corrected chi connectivity index (χ3v) is 3.53. The molecule has 0 radical (unpaired) electrons. The zero-order chi connectivity index (χ0) is 11.1. The highest BCUT2D eigenvalue weighted by Crippen LogP contribution is 2.41. The van der Waals surface area contributed by atoms with Crippen LogP contribution in [0.1, 0.15) is 26.2 Å². The van der Waals surface area contributed by atoms with Gasteiger partial charge >= 0.3 is 0 Å². The number of nitrogens with zero attached hydrogens (tertiary/aromatic N) is 1. The van der Waals surface area contributed by atoms with Gasteiger partial charge in [0.2, 0.25) is 5.91 Å².